The Morgan fingerprint density at radius 2 is 1.96 bits per heavy atom. The quantitative estimate of drug-likeness (QED) is 0.224. The van der Waals surface area contributed by atoms with Crippen molar-refractivity contribution in [3.63, 3.8) is 0 Å². The molecule has 4 N–H and O–H groups in total. The molecule has 1 fully saturated rings. The third-order valence-corrected chi connectivity index (χ3v) is 5.37. The van der Waals surface area contributed by atoms with Gasteiger partial charge in [0.15, 0.2) is 0 Å². The van der Waals surface area contributed by atoms with Gasteiger partial charge in [-0.3, -0.25) is 18.6 Å². The summed E-state index contributed by atoms with van der Waals surface area (Å²) in [4.78, 5) is 51.5. The normalized spacial score (nSPS) is 24.7. The Labute approximate surface area is 164 Å². The van der Waals surface area contributed by atoms with Crippen molar-refractivity contribution < 1.29 is 47.2 Å². The molecule has 1 rings (SSSR count). The first kappa shape index (κ1) is 25.4. The van der Waals surface area contributed by atoms with Crippen molar-refractivity contribution in [2.75, 3.05) is 26.2 Å². The number of phosphoric ester groups is 1. The van der Waals surface area contributed by atoms with Gasteiger partial charge < -0.3 is 24.3 Å². The van der Waals surface area contributed by atoms with Gasteiger partial charge in [-0.1, -0.05) is 0 Å². The van der Waals surface area contributed by atoms with E-state index in [-0.39, 0.29) is 44.3 Å². The Bertz CT molecular complexity index is 645. The zero-order chi connectivity index (χ0) is 21.5. The topological polar surface area (TPSA) is 172 Å². The maximum atomic E-state index is 12.2. The number of phosphoric acid groups is 1. The SMILES string of the molecule is [B]CC(=O)N(CCNP(=O)(O)OC1C[C@H](C)O[C@@H]1COP(=O)(O)O)CC(C)=O. The van der Waals surface area contributed by atoms with Crippen LogP contribution in [-0.4, -0.2) is 83.7 Å². The summed E-state index contributed by atoms with van der Waals surface area (Å²) in [6.45, 7) is 2.07. The van der Waals surface area contributed by atoms with Gasteiger partial charge in [-0.25, -0.2) is 14.2 Å². The first-order valence-electron chi connectivity index (χ1n) is 8.42. The summed E-state index contributed by atoms with van der Waals surface area (Å²) in [6, 6.07) is 0. The second-order valence-electron chi connectivity index (χ2n) is 6.30. The molecule has 0 aromatic heterocycles. The fourth-order valence-corrected chi connectivity index (χ4v) is 3.97. The lowest BCUT2D eigenvalue weighted by Crippen LogP contribution is -2.39. The van der Waals surface area contributed by atoms with Crippen LogP contribution in [0.3, 0.4) is 0 Å². The van der Waals surface area contributed by atoms with Gasteiger partial charge >= 0.3 is 15.6 Å². The van der Waals surface area contributed by atoms with Crippen molar-refractivity contribution in [2.45, 2.75) is 44.9 Å². The summed E-state index contributed by atoms with van der Waals surface area (Å²) in [5.74, 6) is -0.756. The van der Waals surface area contributed by atoms with Gasteiger partial charge in [0.2, 0.25) is 5.91 Å². The highest BCUT2D eigenvalue weighted by molar-refractivity contribution is 7.50. The van der Waals surface area contributed by atoms with E-state index in [0.29, 0.717) is 0 Å². The fourth-order valence-electron chi connectivity index (χ4n) is 2.59. The molecule has 4 atom stereocenters. The number of ketones is 1. The number of hydrogen-bond acceptors (Lipinski definition) is 7. The highest BCUT2D eigenvalue weighted by atomic mass is 31.2. The van der Waals surface area contributed by atoms with Gasteiger partial charge in [-0.2, -0.15) is 0 Å². The molecular weight excluding hydrogens is 417 g/mol. The van der Waals surface area contributed by atoms with Crippen LogP contribution >= 0.6 is 15.6 Å². The highest BCUT2D eigenvalue weighted by Crippen LogP contribution is 2.43. The number of nitrogens with one attached hydrogen (secondary N) is 1. The molecule has 15 heteroatoms. The van der Waals surface area contributed by atoms with Crippen LogP contribution in [0.25, 0.3) is 0 Å². The lowest BCUT2D eigenvalue weighted by atomic mass is 10.0. The Balaban J connectivity index is 2.58. The van der Waals surface area contributed by atoms with Gasteiger partial charge in [-0.15, -0.1) is 0 Å². The molecule has 1 amide bonds. The lowest BCUT2D eigenvalue weighted by Gasteiger charge is -2.24. The van der Waals surface area contributed by atoms with Crippen LogP contribution in [0, 0.1) is 0 Å². The Hall–Kier alpha value is -0.615. The lowest BCUT2D eigenvalue weighted by molar-refractivity contribution is -0.132. The van der Waals surface area contributed by atoms with E-state index < -0.39 is 40.3 Å². The molecule has 0 aromatic carbocycles. The first-order chi connectivity index (χ1) is 12.8. The first-order valence-corrected chi connectivity index (χ1v) is 11.5. The van der Waals surface area contributed by atoms with Crippen LogP contribution < -0.4 is 5.09 Å². The van der Waals surface area contributed by atoms with E-state index in [9.17, 15) is 23.6 Å². The maximum absolute atomic E-state index is 12.2. The van der Waals surface area contributed by atoms with Crippen LogP contribution in [0.5, 0.6) is 0 Å². The van der Waals surface area contributed by atoms with Gasteiger partial charge in [0.25, 0.3) is 0 Å². The molecule has 0 aliphatic carbocycles. The summed E-state index contributed by atoms with van der Waals surface area (Å²) in [7, 11) is -3.79. The van der Waals surface area contributed by atoms with Crippen molar-refractivity contribution in [2.24, 2.45) is 0 Å². The third kappa shape index (κ3) is 9.73. The van der Waals surface area contributed by atoms with E-state index in [0.717, 1.165) is 4.90 Å². The number of amides is 1. The number of Topliss-reactive ketones (excluding diaryl/α,β-unsaturated/α-hetero) is 1. The van der Waals surface area contributed by atoms with E-state index in [1.165, 1.54) is 6.92 Å². The Kier molecular flexibility index (Phi) is 9.95. The summed E-state index contributed by atoms with van der Waals surface area (Å²) >= 11 is 0. The molecule has 1 heterocycles. The second-order valence-corrected chi connectivity index (χ2v) is 9.11. The molecule has 0 bridgehead atoms. The van der Waals surface area contributed by atoms with E-state index >= 15 is 0 Å². The van der Waals surface area contributed by atoms with Crippen LogP contribution in [-0.2, 0) is 32.5 Å². The molecule has 1 aliphatic rings. The monoisotopic (exact) mass is 442 g/mol. The van der Waals surface area contributed by atoms with Crippen LogP contribution in [0.1, 0.15) is 20.3 Å². The maximum Gasteiger partial charge on any atom is 0.469 e. The predicted molar refractivity (Wildman–Crippen MR) is 97.5 cm³/mol. The minimum atomic E-state index is -4.73. The van der Waals surface area contributed by atoms with Crippen molar-refractivity contribution in [1.82, 2.24) is 9.99 Å². The zero-order valence-corrected chi connectivity index (χ0v) is 17.4. The van der Waals surface area contributed by atoms with Gasteiger partial charge in [0.05, 0.1) is 33.2 Å². The average Bonchev–Trinajstić information content (AvgIpc) is 2.88. The van der Waals surface area contributed by atoms with Crippen molar-refractivity contribution >= 4 is 35.1 Å². The van der Waals surface area contributed by atoms with Crippen molar-refractivity contribution in [3.8, 4) is 0 Å². The minimum Gasteiger partial charge on any atom is -0.370 e. The van der Waals surface area contributed by atoms with Gasteiger partial charge in [0, 0.05) is 19.5 Å². The summed E-state index contributed by atoms with van der Waals surface area (Å²) < 4.78 is 38.0. The van der Waals surface area contributed by atoms with E-state index in [4.69, 9.17) is 26.9 Å². The van der Waals surface area contributed by atoms with Gasteiger partial charge in [0.1, 0.15) is 11.9 Å². The second kappa shape index (κ2) is 11.0. The van der Waals surface area contributed by atoms with Crippen molar-refractivity contribution in [1.29, 1.82) is 0 Å². The molecule has 160 valence electrons. The molecule has 0 aromatic rings. The van der Waals surface area contributed by atoms with Gasteiger partial charge in [-0.05, 0) is 20.2 Å². The van der Waals surface area contributed by atoms with Crippen LogP contribution in [0.2, 0.25) is 6.32 Å². The molecule has 28 heavy (non-hydrogen) atoms. The smallest absolute Gasteiger partial charge is 0.370 e. The number of hydrogen-bond donors (Lipinski definition) is 4. The Morgan fingerprint density at radius 1 is 1.32 bits per heavy atom. The molecule has 1 saturated heterocycles. The largest absolute Gasteiger partial charge is 0.469 e. The number of carbonyl (C=O) groups excluding carboxylic acids is 2. The summed E-state index contributed by atoms with van der Waals surface area (Å²) in [6.07, 6.45) is -2.35. The highest BCUT2D eigenvalue weighted by Gasteiger charge is 2.39. The fraction of sp³-hybridized carbons (Fsp3) is 0.846. The van der Waals surface area contributed by atoms with Crippen LogP contribution in [0.4, 0.5) is 0 Å². The zero-order valence-electron chi connectivity index (χ0n) is 15.6. The molecule has 12 nitrogen and oxygen atoms in total. The Morgan fingerprint density at radius 3 is 2.50 bits per heavy atom. The van der Waals surface area contributed by atoms with E-state index in [2.05, 4.69) is 9.61 Å². The van der Waals surface area contributed by atoms with Crippen molar-refractivity contribution in [3.05, 3.63) is 0 Å². The summed E-state index contributed by atoms with van der Waals surface area (Å²) in [5.41, 5.74) is 0. The van der Waals surface area contributed by atoms with Crippen LogP contribution in [0.15, 0.2) is 0 Å². The molecule has 1 aliphatic heterocycles. The molecule has 2 radical (unpaired) electrons. The third-order valence-electron chi connectivity index (χ3n) is 3.71. The molecule has 2 unspecified atom stereocenters. The van der Waals surface area contributed by atoms with E-state index in [1.54, 1.807) is 6.92 Å². The number of ether oxygens (including phenoxy) is 1. The number of nitrogens with zero attached hydrogens (tertiary/aromatic N) is 1. The summed E-state index contributed by atoms with van der Waals surface area (Å²) in [5, 5.41) is 2.27. The molecular formula is C13H25BN2O10P2. The molecule has 0 spiro atoms. The molecule has 0 saturated carbocycles. The minimum absolute atomic E-state index is 0.0498. The number of carbonyl (C=O) groups is 2. The predicted octanol–water partition coefficient (Wildman–Crippen LogP) is -0.647. The standard InChI is InChI=1S/C13H25BN2O10P2/c1-9(17)7-16(13(18)6-14)4-3-15-27(19,20)26-11-5-10(2)25-12(11)8-24-28(21,22)23/h10-12H,3-8H2,1-2H3,(H2,15,19,20)(H2,21,22,23)/t10-,11?,12+/m0/s1. The average molecular weight is 442 g/mol. The number of rotatable bonds is 12. The van der Waals surface area contributed by atoms with E-state index in [1.807, 2.05) is 0 Å².